The second-order valence-electron chi connectivity index (χ2n) is 6.79. The van der Waals surface area contributed by atoms with Gasteiger partial charge in [-0.1, -0.05) is 29.8 Å². The molecule has 26 heavy (non-hydrogen) atoms. The Morgan fingerprint density at radius 3 is 2.42 bits per heavy atom. The van der Waals surface area contributed by atoms with E-state index in [-0.39, 0.29) is 5.78 Å². The molecule has 126 valence electrons. The van der Waals surface area contributed by atoms with E-state index in [1.807, 2.05) is 48.5 Å². The molecule has 3 heteroatoms. The fourth-order valence-corrected chi connectivity index (χ4v) is 3.71. The highest BCUT2D eigenvalue weighted by Gasteiger charge is 2.17. The van der Waals surface area contributed by atoms with E-state index in [2.05, 4.69) is 36.7 Å². The van der Waals surface area contributed by atoms with Crippen LogP contribution in [-0.4, -0.2) is 10.4 Å². The highest BCUT2D eigenvalue weighted by atomic mass is 16.3. The molecule has 0 bridgehead atoms. The molecule has 0 atom stereocenters. The predicted molar refractivity (Wildman–Crippen MR) is 105 cm³/mol. The van der Waals surface area contributed by atoms with Gasteiger partial charge < -0.3 is 8.98 Å². The number of furan rings is 1. The normalized spacial score (nSPS) is 11.6. The first-order chi connectivity index (χ1) is 12.6. The topological polar surface area (TPSA) is 35.1 Å². The molecule has 0 aliphatic carbocycles. The number of aryl methyl sites for hydroxylation is 2. The van der Waals surface area contributed by atoms with Crippen molar-refractivity contribution in [3.8, 4) is 0 Å². The lowest BCUT2D eigenvalue weighted by atomic mass is 10.0. The molecule has 0 aliphatic rings. The summed E-state index contributed by atoms with van der Waals surface area (Å²) in [7, 11) is 2.06. The van der Waals surface area contributed by atoms with E-state index in [0.29, 0.717) is 11.3 Å². The molecule has 0 saturated heterocycles. The number of aromatic nitrogens is 1. The van der Waals surface area contributed by atoms with Crippen molar-refractivity contribution in [2.45, 2.75) is 6.92 Å². The minimum absolute atomic E-state index is 0.0900. The number of fused-ring (bicyclic) bond motifs is 4. The molecule has 0 amide bonds. The van der Waals surface area contributed by atoms with Gasteiger partial charge in [-0.3, -0.25) is 4.79 Å². The van der Waals surface area contributed by atoms with E-state index in [1.54, 1.807) is 0 Å². The number of carbonyl (C=O) groups excluding carboxylic acids is 1. The number of ketones is 1. The smallest absolute Gasteiger partial charge is 0.228 e. The first kappa shape index (κ1) is 15.0. The SMILES string of the molecule is Cc1ccc2c(c1)c1cc(C(=O)c3cc4ccccc4o3)ccc1n2C. The molecular formula is C23H17NO2. The van der Waals surface area contributed by atoms with E-state index >= 15 is 0 Å². The third-order valence-corrected chi connectivity index (χ3v) is 5.07. The average Bonchev–Trinajstić information content (AvgIpc) is 3.21. The zero-order valence-electron chi connectivity index (χ0n) is 14.6. The quantitative estimate of drug-likeness (QED) is 0.391. The number of nitrogens with zero attached hydrogens (tertiary/aromatic N) is 1. The summed E-state index contributed by atoms with van der Waals surface area (Å²) in [5.41, 5.74) is 4.87. The van der Waals surface area contributed by atoms with Crippen LogP contribution in [0.1, 0.15) is 21.7 Å². The summed E-state index contributed by atoms with van der Waals surface area (Å²) < 4.78 is 7.92. The minimum Gasteiger partial charge on any atom is -0.453 e. The van der Waals surface area contributed by atoms with Crippen molar-refractivity contribution in [3.05, 3.63) is 83.6 Å². The number of hydrogen-bond acceptors (Lipinski definition) is 2. The highest BCUT2D eigenvalue weighted by Crippen LogP contribution is 2.30. The zero-order valence-corrected chi connectivity index (χ0v) is 14.6. The first-order valence-corrected chi connectivity index (χ1v) is 8.64. The van der Waals surface area contributed by atoms with E-state index in [1.165, 1.54) is 16.5 Å². The molecule has 0 spiro atoms. The maximum absolute atomic E-state index is 13.0. The molecular weight excluding hydrogens is 322 g/mol. The third-order valence-electron chi connectivity index (χ3n) is 5.07. The van der Waals surface area contributed by atoms with Crippen molar-refractivity contribution >= 4 is 38.6 Å². The van der Waals surface area contributed by atoms with Crippen LogP contribution in [0.3, 0.4) is 0 Å². The Labute approximate surface area is 150 Å². The van der Waals surface area contributed by atoms with E-state index in [4.69, 9.17) is 4.42 Å². The van der Waals surface area contributed by atoms with Crippen LogP contribution in [0.5, 0.6) is 0 Å². The fourth-order valence-electron chi connectivity index (χ4n) is 3.71. The van der Waals surface area contributed by atoms with Crippen molar-refractivity contribution in [1.82, 2.24) is 4.57 Å². The number of para-hydroxylation sites is 1. The van der Waals surface area contributed by atoms with Crippen LogP contribution < -0.4 is 0 Å². The summed E-state index contributed by atoms with van der Waals surface area (Å²) in [6.07, 6.45) is 0. The lowest BCUT2D eigenvalue weighted by Crippen LogP contribution is -1.99. The van der Waals surface area contributed by atoms with Crippen LogP contribution in [0.4, 0.5) is 0 Å². The summed E-state index contributed by atoms with van der Waals surface area (Å²) in [6, 6.07) is 21.8. The van der Waals surface area contributed by atoms with Crippen molar-refractivity contribution < 1.29 is 9.21 Å². The fraction of sp³-hybridized carbons (Fsp3) is 0.0870. The number of hydrogen-bond donors (Lipinski definition) is 0. The second-order valence-corrected chi connectivity index (χ2v) is 6.79. The summed E-state index contributed by atoms with van der Waals surface area (Å²) >= 11 is 0. The standard InChI is InChI=1S/C23H17NO2/c1-14-7-9-19-17(11-14)18-12-16(8-10-20(18)24(19)2)23(25)22-13-15-5-3-4-6-21(15)26-22/h3-13H,1-2H3. The van der Waals surface area contributed by atoms with Gasteiger partial charge in [-0.25, -0.2) is 0 Å². The van der Waals surface area contributed by atoms with Crippen LogP contribution in [0.2, 0.25) is 0 Å². The van der Waals surface area contributed by atoms with Gasteiger partial charge in [0.1, 0.15) is 5.58 Å². The minimum atomic E-state index is -0.0900. The van der Waals surface area contributed by atoms with Crippen LogP contribution in [0.15, 0.2) is 71.1 Å². The third kappa shape index (κ3) is 2.10. The molecule has 5 rings (SSSR count). The van der Waals surface area contributed by atoms with Crippen molar-refractivity contribution in [2.24, 2.45) is 7.05 Å². The molecule has 0 unspecified atom stereocenters. The van der Waals surface area contributed by atoms with Gasteiger partial charge in [0, 0.05) is 39.8 Å². The average molecular weight is 339 g/mol. The molecule has 3 nitrogen and oxygen atoms in total. The largest absolute Gasteiger partial charge is 0.453 e. The van der Waals surface area contributed by atoms with Gasteiger partial charge in [-0.05, 0) is 49.4 Å². The molecule has 0 N–H and O–H groups in total. The van der Waals surface area contributed by atoms with Gasteiger partial charge >= 0.3 is 0 Å². The van der Waals surface area contributed by atoms with E-state index in [0.717, 1.165) is 21.9 Å². The Morgan fingerprint density at radius 1 is 0.885 bits per heavy atom. The van der Waals surface area contributed by atoms with E-state index < -0.39 is 0 Å². The second kappa shape index (κ2) is 5.33. The van der Waals surface area contributed by atoms with Crippen molar-refractivity contribution in [3.63, 3.8) is 0 Å². The molecule has 5 aromatic rings. The van der Waals surface area contributed by atoms with Crippen LogP contribution in [0, 0.1) is 6.92 Å². The molecule has 0 aliphatic heterocycles. The molecule has 2 aromatic heterocycles. The van der Waals surface area contributed by atoms with E-state index in [9.17, 15) is 4.79 Å². The Balaban J connectivity index is 1.70. The lowest BCUT2D eigenvalue weighted by molar-refractivity contribution is 0.101. The van der Waals surface area contributed by atoms with Crippen LogP contribution in [-0.2, 0) is 7.05 Å². The number of carbonyl (C=O) groups is 1. The highest BCUT2D eigenvalue weighted by molar-refractivity contribution is 6.14. The molecule has 0 fully saturated rings. The maximum atomic E-state index is 13.0. The van der Waals surface area contributed by atoms with Gasteiger partial charge in [0.2, 0.25) is 5.78 Å². The van der Waals surface area contributed by atoms with Crippen LogP contribution >= 0.6 is 0 Å². The number of benzene rings is 3. The van der Waals surface area contributed by atoms with Gasteiger partial charge in [0.25, 0.3) is 0 Å². The first-order valence-electron chi connectivity index (χ1n) is 8.64. The Bertz CT molecular complexity index is 1290. The monoisotopic (exact) mass is 339 g/mol. The van der Waals surface area contributed by atoms with Crippen LogP contribution in [0.25, 0.3) is 32.8 Å². The summed E-state index contributed by atoms with van der Waals surface area (Å²) in [5.74, 6) is 0.287. The predicted octanol–water partition coefficient (Wildman–Crippen LogP) is 5.62. The Kier molecular flexibility index (Phi) is 3.07. The Morgan fingerprint density at radius 2 is 1.62 bits per heavy atom. The molecule has 3 aromatic carbocycles. The molecule has 2 heterocycles. The molecule has 0 saturated carbocycles. The van der Waals surface area contributed by atoms with Gasteiger partial charge in [0.15, 0.2) is 5.76 Å². The molecule has 0 radical (unpaired) electrons. The van der Waals surface area contributed by atoms with Crippen molar-refractivity contribution in [1.29, 1.82) is 0 Å². The van der Waals surface area contributed by atoms with Gasteiger partial charge in [0.05, 0.1) is 0 Å². The summed E-state index contributed by atoms with van der Waals surface area (Å²) in [5, 5.41) is 3.20. The number of rotatable bonds is 2. The van der Waals surface area contributed by atoms with Gasteiger partial charge in [-0.15, -0.1) is 0 Å². The maximum Gasteiger partial charge on any atom is 0.228 e. The van der Waals surface area contributed by atoms with Gasteiger partial charge in [-0.2, -0.15) is 0 Å². The zero-order chi connectivity index (χ0) is 17.8. The van der Waals surface area contributed by atoms with Crippen molar-refractivity contribution in [2.75, 3.05) is 0 Å². The lowest BCUT2D eigenvalue weighted by Gasteiger charge is -2.00. The summed E-state index contributed by atoms with van der Waals surface area (Å²) in [6.45, 7) is 2.09. The Hall–Kier alpha value is -3.33. The summed E-state index contributed by atoms with van der Waals surface area (Å²) in [4.78, 5) is 13.0.